The molecule has 0 amide bonds. The van der Waals surface area contributed by atoms with E-state index in [4.69, 9.17) is 9.47 Å². The van der Waals surface area contributed by atoms with Crippen LogP contribution in [0.3, 0.4) is 0 Å². The summed E-state index contributed by atoms with van der Waals surface area (Å²) in [6, 6.07) is 15.2. The fourth-order valence-corrected chi connectivity index (χ4v) is 5.07. The smallest absolute Gasteiger partial charge is 0.339 e. The normalized spacial score (nSPS) is 15.2. The van der Waals surface area contributed by atoms with E-state index in [0.29, 0.717) is 17.0 Å². The molecule has 8 nitrogen and oxygen atoms in total. The minimum Gasteiger partial charge on any atom is -0.454 e. The van der Waals surface area contributed by atoms with E-state index in [1.165, 1.54) is 30.0 Å². The van der Waals surface area contributed by atoms with Gasteiger partial charge in [0.05, 0.1) is 16.6 Å². The maximum Gasteiger partial charge on any atom is 0.339 e. The van der Waals surface area contributed by atoms with Gasteiger partial charge < -0.3 is 14.0 Å². The van der Waals surface area contributed by atoms with Gasteiger partial charge in [0, 0.05) is 52.0 Å². The van der Waals surface area contributed by atoms with Crippen molar-refractivity contribution >= 4 is 29.2 Å². The Balaban J connectivity index is 1.49. The second kappa shape index (κ2) is 10.9. The van der Waals surface area contributed by atoms with Crippen LogP contribution in [-0.2, 0) is 16.0 Å². The molecule has 2 aromatic carbocycles. The van der Waals surface area contributed by atoms with E-state index in [2.05, 4.69) is 4.57 Å². The van der Waals surface area contributed by atoms with Crippen molar-refractivity contribution in [1.29, 1.82) is 0 Å². The van der Waals surface area contributed by atoms with E-state index in [1.807, 2.05) is 44.2 Å². The highest BCUT2D eigenvalue weighted by molar-refractivity contribution is 7.99. The largest absolute Gasteiger partial charge is 0.454 e. The SMILES string of the molecule is Cc1cc(C(=O)COC(=O)c2cc([N+](=O)[O-])ccc2Sc2ccccc2)c(C)n1C[C@H]1CCCO1. The number of rotatable bonds is 9. The lowest BCUT2D eigenvalue weighted by Gasteiger charge is -2.14. The van der Waals surface area contributed by atoms with Gasteiger partial charge in [0.2, 0.25) is 5.78 Å². The van der Waals surface area contributed by atoms with Crippen molar-refractivity contribution in [2.45, 2.75) is 49.1 Å². The number of hydrogen-bond donors (Lipinski definition) is 0. The molecule has 0 N–H and O–H groups in total. The lowest BCUT2D eigenvalue weighted by atomic mass is 10.1. The molecule has 0 bridgehead atoms. The molecule has 182 valence electrons. The lowest BCUT2D eigenvalue weighted by Crippen LogP contribution is -2.18. The summed E-state index contributed by atoms with van der Waals surface area (Å²) in [5.74, 6) is -1.11. The number of nitrogens with zero attached hydrogens (tertiary/aromatic N) is 2. The maximum absolute atomic E-state index is 12.9. The Bertz CT molecular complexity index is 1250. The predicted molar refractivity (Wildman–Crippen MR) is 131 cm³/mol. The molecule has 1 saturated heterocycles. The van der Waals surface area contributed by atoms with Crippen LogP contribution in [0.25, 0.3) is 0 Å². The molecule has 1 atom stereocenters. The Morgan fingerprint density at radius 3 is 2.60 bits per heavy atom. The van der Waals surface area contributed by atoms with Crippen molar-refractivity contribution in [3.05, 3.63) is 87.2 Å². The summed E-state index contributed by atoms with van der Waals surface area (Å²) in [6.07, 6.45) is 2.16. The number of nitro benzene ring substituents is 1. The average molecular weight is 495 g/mol. The number of aromatic nitrogens is 1. The van der Waals surface area contributed by atoms with Gasteiger partial charge in [0.15, 0.2) is 6.61 Å². The van der Waals surface area contributed by atoms with Crippen molar-refractivity contribution in [1.82, 2.24) is 4.57 Å². The molecule has 0 radical (unpaired) electrons. The first-order valence-electron chi connectivity index (χ1n) is 11.3. The van der Waals surface area contributed by atoms with E-state index in [9.17, 15) is 19.7 Å². The van der Waals surface area contributed by atoms with Gasteiger partial charge in [0.25, 0.3) is 5.69 Å². The molecule has 35 heavy (non-hydrogen) atoms. The number of nitro groups is 1. The van der Waals surface area contributed by atoms with Crippen molar-refractivity contribution in [3.63, 3.8) is 0 Å². The summed E-state index contributed by atoms with van der Waals surface area (Å²) in [5.41, 5.74) is 2.05. The number of carbonyl (C=O) groups is 2. The first kappa shape index (κ1) is 24.7. The standard InChI is InChI=1S/C26H26N2O6S/c1-17-13-22(18(2)27(17)15-20-7-6-12-33-20)24(29)16-34-26(30)23-14-19(28(31)32)10-11-25(23)35-21-8-4-3-5-9-21/h3-5,8-11,13-14,20H,6-7,12,15-16H2,1-2H3/t20-/m1/s1. The van der Waals surface area contributed by atoms with Gasteiger partial charge in [-0.05, 0) is 51.0 Å². The van der Waals surface area contributed by atoms with Gasteiger partial charge in [-0.3, -0.25) is 14.9 Å². The first-order chi connectivity index (χ1) is 16.8. The van der Waals surface area contributed by atoms with Gasteiger partial charge in [-0.15, -0.1) is 0 Å². The Labute approximate surface area is 207 Å². The molecule has 9 heteroatoms. The minimum atomic E-state index is -0.784. The van der Waals surface area contributed by atoms with Crippen molar-refractivity contribution in [2.75, 3.05) is 13.2 Å². The number of esters is 1. The number of hydrogen-bond acceptors (Lipinski definition) is 7. The third-order valence-electron chi connectivity index (χ3n) is 5.98. The van der Waals surface area contributed by atoms with Gasteiger partial charge in [-0.2, -0.15) is 0 Å². The third-order valence-corrected chi connectivity index (χ3v) is 7.07. The number of Topliss-reactive ketones (excluding diaryl/α,β-unsaturated/α-hetero) is 1. The molecule has 3 aromatic rings. The fraction of sp³-hybridized carbons (Fsp3) is 0.308. The quantitative estimate of drug-likeness (QED) is 0.170. The average Bonchev–Trinajstić information content (AvgIpc) is 3.47. The van der Waals surface area contributed by atoms with E-state index in [1.54, 1.807) is 6.07 Å². The lowest BCUT2D eigenvalue weighted by molar-refractivity contribution is -0.384. The molecule has 1 fully saturated rings. The molecule has 0 aliphatic carbocycles. The van der Waals surface area contributed by atoms with Gasteiger partial charge in [0.1, 0.15) is 0 Å². The highest BCUT2D eigenvalue weighted by Crippen LogP contribution is 2.33. The summed E-state index contributed by atoms with van der Waals surface area (Å²) in [4.78, 5) is 37.9. The highest BCUT2D eigenvalue weighted by Gasteiger charge is 2.23. The van der Waals surface area contributed by atoms with Crippen molar-refractivity contribution in [3.8, 4) is 0 Å². The molecule has 2 heterocycles. The molecule has 1 aliphatic heterocycles. The molecule has 1 aliphatic rings. The Morgan fingerprint density at radius 1 is 1.14 bits per heavy atom. The van der Waals surface area contributed by atoms with Crippen LogP contribution in [0.5, 0.6) is 0 Å². The molecule has 0 spiro atoms. The second-order valence-corrected chi connectivity index (χ2v) is 9.50. The maximum atomic E-state index is 12.9. The molecule has 4 rings (SSSR count). The summed E-state index contributed by atoms with van der Waals surface area (Å²) in [6.45, 7) is 4.78. The van der Waals surface area contributed by atoms with E-state index >= 15 is 0 Å². The highest BCUT2D eigenvalue weighted by atomic mass is 32.2. The Kier molecular flexibility index (Phi) is 7.67. The van der Waals surface area contributed by atoms with Crippen molar-refractivity contribution in [2.24, 2.45) is 0 Å². The Morgan fingerprint density at radius 2 is 1.91 bits per heavy atom. The fourth-order valence-electron chi connectivity index (χ4n) is 4.14. The van der Waals surface area contributed by atoms with Crippen LogP contribution in [0.4, 0.5) is 5.69 Å². The number of carbonyl (C=O) groups excluding carboxylic acids is 2. The van der Waals surface area contributed by atoms with Crippen molar-refractivity contribution < 1.29 is 24.0 Å². The number of ether oxygens (including phenoxy) is 2. The predicted octanol–water partition coefficient (Wildman–Crippen LogP) is 5.38. The van der Waals surface area contributed by atoms with E-state index < -0.39 is 17.5 Å². The zero-order valence-corrected chi connectivity index (χ0v) is 20.4. The number of non-ortho nitro benzene ring substituents is 1. The first-order valence-corrected chi connectivity index (χ1v) is 12.1. The van der Waals surface area contributed by atoms with Crippen LogP contribution in [-0.4, -0.2) is 40.6 Å². The van der Waals surface area contributed by atoms with Gasteiger partial charge in [-0.1, -0.05) is 30.0 Å². The van der Waals surface area contributed by atoms with Gasteiger partial charge in [-0.25, -0.2) is 4.79 Å². The number of ketones is 1. The number of benzene rings is 2. The second-order valence-electron chi connectivity index (χ2n) is 8.38. The zero-order valence-electron chi connectivity index (χ0n) is 19.6. The minimum absolute atomic E-state index is 0.0460. The van der Waals surface area contributed by atoms with Crippen LogP contribution in [0, 0.1) is 24.0 Å². The molecule has 1 aromatic heterocycles. The number of aryl methyl sites for hydroxylation is 1. The van der Waals surface area contributed by atoms with Crippen LogP contribution in [0.1, 0.15) is 44.9 Å². The van der Waals surface area contributed by atoms with Crippen LogP contribution in [0.2, 0.25) is 0 Å². The zero-order chi connectivity index (χ0) is 24.9. The third kappa shape index (κ3) is 5.80. The monoisotopic (exact) mass is 494 g/mol. The summed E-state index contributed by atoms with van der Waals surface area (Å²) in [5, 5.41) is 11.3. The topological polar surface area (TPSA) is 101 Å². The molecule has 0 unspecified atom stereocenters. The van der Waals surface area contributed by atoms with Crippen LogP contribution < -0.4 is 0 Å². The summed E-state index contributed by atoms with van der Waals surface area (Å²) in [7, 11) is 0. The Hall–Kier alpha value is -3.43. The summed E-state index contributed by atoms with van der Waals surface area (Å²) >= 11 is 1.29. The van der Waals surface area contributed by atoms with E-state index in [-0.39, 0.29) is 23.1 Å². The summed E-state index contributed by atoms with van der Waals surface area (Å²) < 4.78 is 13.1. The van der Waals surface area contributed by atoms with Crippen LogP contribution in [0.15, 0.2) is 64.4 Å². The van der Waals surface area contributed by atoms with Gasteiger partial charge >= 0.3 is 5.97 Å². The molecule has 0 saturated carbocycles. The molecular formula is C26H26N2O6S. The van der Waals surface area contributed by atoms with Crippen LogP contribution >= 0.6 is 11.8 Å². The molecular weight excluding hydrogens is 468 g/mol. The van der Waals surface area contributed by atoms with E-state index in [0.717, 1.165) is 35.7 Å².